The Morgan fingerprint density at radius 3 is 2.83 bits per heavy atom. The molecule has 0 aliphatic carbocycles. The Kier molecular flexibility index (Phi) is 6.53. The first-order valence-corrected chi connectivity index (χ1v) is 9.92. The van der Waals surface area contributed by atoms with Gasteiger partial charge in [-0.3, -0.25) is 24.6 Å². The van der Waals surface area contributed by atoms with Crippen LogP contribution in [0.25, 0.3) is 17.4 Å². The molecule has 1 N–H and O–H groups in total. The molecule has 2 aromatic rings. The maximum Gasteiger partial charge on any atom is 0.303 e. The number of rotatable bonds is 8. The highest BCUT2D eigenvalue weighted by atomic mass is 32.2. The van der Waals surface area contributed by atoms with Crippen LogP contribution in [0, 0.1) is 10.1 Å². The number of furan rings is 1. The van der Waals surface area contributed by atoms with Crippen LogP contribution in [0.5, 0.6) is 5.75 Å². The lowest BCUT2D eigenvalue weighted by Crippen LogP contribution is -2.29. The van der Waals surface area contributed by atoms with Crippen LogP contribution < -0.4 is 4.74 Å². The van der Waals surface area contributed by atoms with E-state index in [9.17, 15) is 19.7 Å². The zero-order valence-corrected chi connectivity index (χ0v) is 17.3. The van der Waals surface area contributed by atoms with Crippen molar-refractivity contribution >= 4 is 51.9 Å². The standard InChI is InChI=1S/C19H16N2O7S2/c1-27-11-4-6-13(14(9-11)21(25)26)15-7-5-12(28-15)10-16-18(24)20(19(29)30-16)8-2-3-17(22)23/h4-7,9-10H,2-3,8H2,1H3,(H,22,23)/b16-10+. The fourth-order valence-corrected chi connectivity index (χ4v) is 4.07. The van der Waals surface area contributed by atoms with Gasteiger partial charge in [0.2, 0.25) is 0 Å². The summed E-state index contributed by atoms with van der Waals surface area (Å²) in [7, 11) is 1.42. The first kappa shape index (κ1) is 21.5. The smallest absolute Gasteiger partial charge is 0.303 e. The molecule has 1 aromatic heterocycles. The normalized spacial score (nSPS) is 15.1. The summed E-state index contributed by atoms with van der Waals surface area (Å²) in [6.45, 7) is 0.218. The molecule has 11 heteroatoms. The van der Waals surface area contributed by atoms with Gasteiger partial charge in [0.05, 0.1) is 28.6 Å². The Hall–Kier alpha value is -3.18. The number of carboxylic acids is 1. The van der Waals surface area contributed by atoms with Crippen molar-refractivity contribution in [3.8, 4) is 17.1 Å². The van der Waals surface area contributed by atoms with Crippen LogP contribution in [0.4, 0.5) is 5.69 Å². The van der Waals surface area contributed by atoms with Crippen molar-refractivity contribution in [3.05, 3.63) is 51.1 Å². The highest BCUT2D eigenvalue weighted by Gasteiger charge is 2.32. The van der Waals surface area contributed by atoms with Crippen LogP contribution in [0.3, 0.4) is 0 Å². The number of nitrogens with zero attached hydrogens (tertiary/aromatic N) is 2. The summed E-state index contributed by atoms with van der Waals surface area (Å²) < 4.78 is 11.1. The first-order valence-electron chi connectivity index (χ1n) is 8.70. The number of ether oxygens (including phenoxy) is 1. The fourth-order valence-electron chi connectivity index (χ4n) is 2.78. The third kappa shape index (κ3) is 4.69. The van der Waals surface area contributed by atoms with Gasteiger partial charge in [0.25, 0.3) is 11.6 Å². The zero-order valence-electron chi connectivity index (χ0n) is 15.7. The molecular formula is C19H16N2O7S2. The SMILES string of the molecule is COc1ccc(-c2ccc(/C=C3/SC(=S)N(CCCC(=O)O)C3=O)o2)c([N+](=O)[O-])c1. The second-order valence-electron chi connectivity index (χ2n) is 6.17. The quantitative estimate of drug-likeness (QED) is 0.277. The van der Waals surface area contributed by atoms with E-state index < -0.39 is 10.9 Å². The molecule has 3 rings (SSSR count). The number of benzene rings is 1. The van der Waals surface area contributed by atoms with E-state index in [2.05, 4.69) is 0 Å². The minimum absolute atomic E-state index is 0.0572. The lowest BCUT2D eigenvalue weighted by molar-refractivity contribution is -0.384. The van der Waals surface area contributed by atoms with E-state index in [4.69, 9.17) is 26.5 Å². The number of methoxy groups -OCH3 is 1. The minimum Gasteiger partial charge on any atom is -0.497 e. The van der Waals surface area contributed by atoms with Crippen molar-refractivity contribution in [2.45, 2.75) is 12.8 Å². The van der Waals surface area contributed by atoms with Crippen LogP contribution in [0.1, 0.15) is 18.6 Å². The number of carboxylic acid groups (broad SMARTS) is 1. The molecule has 0 bridgehead atoms. The largest absolute Gasteiger partial charge is 0.497 e. The van der Waals surface area contributed by atoms with Crippen LogP contribution in [0.2, 0.25) is 0 Å². The van der Waals surface area contributed by atoms with E-state index in [1.807, 2.05) is 0 Å². The van der Waals surface area contributed by atoms with Gasteiger partial charge in [-0.2, -0.15) is 0 Å². The van der Waals surface area contributed by atoms with Gasteiger partial charge in [-0.1, -0.05) is 24.0 Å². The first-order chi connectivity index (χ1) is 14.3. The number of amides is 1. The average Bonchev–Trinajstić information content (AvgIpc) is 3.27. The molecule has 1 aromatic carbocycles. The van der Waals surface area contributed by atoms with Gasteiger partial charge in [-0.25, -0.2) is 0 Å². The van der Waals surface area contributed by atoms with Crippen LogP contribution in [-0.4, -0.2) is 44.8 Å². The molecule has 0 unspecified atom stereocenters. The Bertz CT molecular complexity index is 1060. The number of nitro groups is 1. The van der Waals surface area contributed by atoms with Crippen LogP contribution in [-0.2, 0) is 9.59 Å². The molecule has 0 spiro atoms. The maximum atomic E-state index is 12.5. The van der Waals surface area contributed by atoms with Gasteiger partial charge < -0.3 is 14.3 Å². The summed E-state index contributed by atoms with van der Waals surface area (Å²) in [4.78, 5) is 35.7. The van der Waals surface area contributed by atoms with Crippen molar-refractivity contribution in [2.24, 2.45) is 0 Å². The molecule has 0 atom stereocenters. The number of aliphatic carboxylic acids is 1. The van der Waals surface area contributed by atoms with Gasteiger partial charge in [-0.05, 0) is 30.7 Å². The van der Waals surface area contributed by atoms with Crippen molar-refractivity contribution in [2.75, 3.05) is 13.7 Å². The van der Waals surface area contributed by atoms with E-state index in [-0.39, 0.29) is 35.9 Å². The van der Waals surface area contributed by atoms with E-state index in [1.54, 1.807) is 18.2 Å². The molecule has 156 valence electrons. The molecule has 1 fully saturated rings. The molecule has 9 nitrogen and oxygen atoms in total. The minimum atomic E-state index is -0.938. The summed E-state index contributed by atoms with van der Waals surface area (Å²) in [6, 6.07) is 7.60. The van der Waals surface area contributed by atoms with E-state index in [0.29, 0.717) is 27.2 Å². The average molecular weight is 448 g/mol. The number of nitro benzene ring substituents is 1. The second-order valence-corrected chi connectivity index (χ2v) is 7.85. The van der Waals surface area contributed by atoms with Crippen LogP contribution in [0.15, 0.2) is 39.7 Å². The van der Waals surface area contributed by atoms with E-state index >= 15 is 0 Å². The molecule has 2 heterocycles. The lowest BCUT2D eigenvalue weighted by atomic mass is 10.1. The molecule has 30 heavy (non-hydrogen) atoms. The predicted octanol–water partition coefficient (Wildman–Crippen LogP) is 3.93. The highest BCUT2D eigenvalue weighted by Crippen LogP contribution is 2.36. The van der Waals surface area contributed by atoms with Crippen molar-refractivity contribution in [1.29, 1.82) is 0 Å². The third-order valence-electron chi connectivity index (χ3n) is 4.21. The summed E-state index contributed by atoms with van der Waals surface area (Å²) in [5.41, 5.74) is 0.113. The Morgan fingerprint density at radius 2 is 2.17 bits per heavy atom. The Morgan fingerprint density at radius 1 is 1.40 bits per heavy atom. The van der Waals surface area contributed by atoms with Crippen molar-refractivity contribution < 1.29 is 28.8 Å². The highest BCUT2D eigenvalue weighted by molar-refractivity contribution is 8.26. The molecule has 1 amide bonds. The number of hydrogen-bond acceptors (Lipinski definition) is 8. The molecule has 0 saturated carbocycles. The van der Waals surface area contributed by atoms with Gasteiger partial charge in [0, 0.05) is 19.0 Å². The molecule has 1 aliphatic rings. The van der Waals surface area contributed by atoms with E-state index in [1.165, 1.54) is 30.2 Å². The number of carbonyl (C=O) groups is 2. The molecular weight excluding hydrogens is 432 g/mol. The number of carbonyl (C=O) groups excluding carboxylic acids is 1. The number of thioether (sulfide) groups is 1. The van der Waals surface area contributed by atoms with Crippen LogP contribution >= 0.6 is 24.0 Å². The topological polar surface area (TPSA) is 123 Å². The predicted molar refractivity (Wildman–Crippen MR) is 114 cm³/mol. The monoisotopic (exact) mass is 448 g/mol. The maximum absolute atomic E-state index is 12.5. The second kappa shape index (κ2) is 9.09. The lowest BCUT2D eigenvalue weighted by Gasteiger charge is -2.13. The van der Waals surface area contributed by atoms with E-state index in [0.717, 1.165) is 11.8 Å². The fraction of sp³-hybridized carbons (Fsp3) is 0.211. The Balaban J connectivity index is 1.81. The zero-order chi connectivity index (χ0) is 21.8. The number of hydrogen-bond donors (Lipinski definition) is 1. The summed E-state index contributed by atoms with van der Waals surface area (Å²) in [6.07, 6.45) is 1.74. The third-order valence-corrected chi connectivity index (χ3v) is 5.59. The van der Waals surface area contributed by atoms with Gasteiger partial charge in [-0.15, -0.1) is 0 Å². The number of thiocarbonyl (C=S) groups is 1. The van der Waals surface area contributed by atoms with Crippen molar-refractivity contribution in [3.63, 3.8) is 0 Å². The molecule has 0 radical (unpaired) electrons. The van der Waals surface area contributed by atoms with Gasteiger partial charge >= 0.3 is 5.97 Å². The summed E-state index contributed by atoms with van der Waals surface area (Å²) in [5.74, 6) is -0.312. The molecule has 1 saturated heterocycles. The van der Waals surface area contributed by atoms with Gasteiger partial charge in [0.1, 0.15) is 21.6 Å². The molecule has 1 aliphatic heterocycles. The van der Waals surface area contributed by atoms with Crippen molar-refractivity contribution in [1.82, 2.24) is 4.90 Å². The van der Waals surface area contributed by atoms with Gasteiger partial charge in [0.15, 0.2) is 0 Å². The summed E-state index contributed by atoms with van der Waals surface area (Å²) in [5, 5.41) is 20.1. The Labute approximate surface area is 180 Å². The summed E-state index contributed by atoms with van der Waals surface area (Å²) >= 11 is 6.29.